The largest absolute Gasteiger partial charge is 0.454 e. The Balaban J connectivity index is 1.38. The number of ether oxygens (including phenoxy) is 2. The molecule has 0 unspecified atom stereocenters. The van der Waals surface area contributed by atoms with Crippen LogP contribution in [0.2, 0.25) is 5.02 Å². The minimum absolute atomic E-state index is 0.0304. The lowest BCUT2D eigenvalue weighted by molar-refractivity contribution is -0.384. The maximum absolute atomic E-state index is 13.8. The maximum Gasteiger partial charge on any atom is 0.269 e. The summed E-state index contributed by atoms with van der Waals surface area (Å²) in [7, 11) is 0. The fraction of sp³-hybridized carbons (Fsp3) is 0.286. The molecule has 0 spiro atoms. The molecule has 0 radical (unpaired) electrons. The van der Waals surface area contributed by atoms with Gasteiger partial charge in [0.15, 0.2) is 11.5 Å². The molecule has 0 bridgehead atoms. The highest BCUT2D eigenvalue weighted by Crippen LogP contribution is 2.34. The van der Waals surface area contributed by atoms with Gasteiger partial charge in [0.1, 0.15) is 0 Å². The van der Waals surface area contributed by atoms with Gasteiger partial charge in [-0.2, -0.15) is 0 Å². The summed E-state index contributed by atoms with van der Waals surface area (Å²) in [6.45, 7) is 0.346. The first-order chi connectivity index (χ1) is 18.8. The minimum atomic E-state index is -0.524. The number of fused-ring (bicyclic) bond motifs is 1. The van der Waals surface area contributed by atoms with Crippen molar-refractivity contribution < 1.29 is 24.0 Å². The molecule has 10 nitrogen and oxygen atoms in total. The lowest BCUT2D eigenvalue weighted by Crippen LogP contribution is -2.43. The predicted molar refractivity (Wildman–Crippen MR) is 145 cm³/mol. The van der Waals surface area contributed by atoms with E-state index in [0.717, 1.165) is 25.7 Å². The number of halogens is 1. The number of amides is 2. The van der Waals surface area contributed by atoms with Crippen LogP contribution in [0.1, 0.15) is 52.0 Å². The molecule has 3 aromatic rings. The van der Waals surface area contributed by atoms with Crippen molar-refractivity contribution in [3.8, 4) is 11.5 Å². The Hall–Kier alpha value is -4.15. The number of nitrogens with two attached hydrogens (primary N) is 1. The molecule has 11 heteroatoms. The smallest absolute Gasteiger partial charge is 0.269 e. The second-order valence-electron chi connectivity index (χ2n) is 9.63. The quantitative estimate of drug-likeness (QED) is 0.307. The molecule has 5 rings (SSSR count). The van der Waals surface area contributed by atoms with E-state index in [2.05, 4.69) is 5.32 Å². The number of non-ortho nitro benzene ring substituents is 1. The first-order valence-electron chi connectivity index (χ1n) is 12.6. The van der Waals surface area contributed by atoms with E-state index in [9.17, 15) is 19.7 Å². The zero-order valence-electron chi connectivity index (χ0n) is 21.0. The number of hydrogen-bond donors (Lipinski definition) is 2. The third kappa shape index (κ3) is 5.97. The van der Waals surface area contributed by atoms with Crippen molar-refractivity contribution in [3.05, 3.63) is 92.5 Å². The molecule has 0 aromatic heterocycles. The molecule has 1 fully saturated rings. The summed E-state index contributed by atoms with van der Waals surface area (Å²) in [4.78, 5) is 38.8. The summed E-state index contributed by atoms with van der Waals surface area (Å²) in [5, 5.41) is 14.2. The Bertz CT molecular complexity index is 1410. The van der Waals surface area contributed by atoms with Gasteiger partial charge in [0.25, 0.3) is 17.5 Å². The van der Waals surface area contributed by atoms with Crippen LogP contribution in [0.5, 0.6) is 11.5 Å². The van der Waals surface area contributed by atoms with E-state index < -0.39 is 10.8 Å². The summed E-state index contributed by atoms with van der Waals surface area (Å²) < 4.78 is 10.9. The first kappa shape index (κ1) is 26.5. The van der Waals surface area contributed by atoms with Crippen molar-refractivity contribution in [1.82, 2.24) is 4.90 Å². The number of hydrogen-bond acceptors (Lipinski definition) is 7. The van der Waals surface area contributed by atoms with Gasteiger partial charge in [-0.3, -0.25) is 19.7 Å². The number of carbonyl (C=O) groups is 2. The second kappa shape index (κ2) is 11.3. The van der Waals surface area contributed by atoms with E-state index in [4.69, 9.17) is 26.8 Å². The Labute approximate surface area is 229 Å². The average Bonchev–Trinajstić information content (AvgIpc) is 3.41. The molecule has 1 aliphatic heterocycles. The summed E-state index contributed by atoms with van der Waals surface area (Å²) in [6, 6.07) is 15.6. The zero-order chi connectivity index (χ0) is 27.5. The number of rotatable bonds is 7. The van der Waals surface area contributed by atoms with Gasteiger partial charge in [0, 0.05) is 52.6 Å². The van der Waals surface area contributed by atoms with Gasteiger partial charge < -0.3 is 25.4 Å². The molecule has 1 heterocycles. The van der Waals surface area contributed by atoms with Crippen LogP contribution in [0, 0.1) is 10.1 Å². The summed E-state index contributed by atoms with van der Waals surface area (Å²) >= 11 is 6.56. The molecule has 202 valence electrons. The molecular formula is C28H27ClN4O6. The van der Waals surface area contributed by atoms with Crippen LogP contribution in [0.15, 0.2) is 60.7 Å². The maximum atomic E-state index is 13.8. The molecule has 1 saturated carbocycles. The molecule has 0 saturated heterocycles. The van der Waals surface area contributed by atoms with Crippen molar-refractivity contribution in [1.29, 1.82) is 0 Å². The van der Waals surface area contributed by atoms with Crippen LogP contribution in [0.25, 0.3) is 0 Å². The number of nitrogens with one attached hydrogen (secondary N) is 1. The van der Waals surface area contributed by atoms with Crippen molar-refractivity contribution in [2.24, 2.45) is 5.73 Å². The van der Waals surface area contributed by atoms with Crippen LogP contribution < -0.4 is 20.5 Å². The SMILES string of the molecule is NC1CCC(N(Cc2cc(NC(=O)c3ccc([N+](=O)[O-])cc3)ccc2Cl)C(=O)c2ccc3c(c2)OCO3)CC1. The van der Waals surface area contributed by atoms with Crippen LogP contribution in [0.3, 0.4) is 0 Å². The topological polar surface area (TPSA) is 137 Å². The van der Waals surface area contributed by atoms with Gasteiger partial charge in [-0.1, -0.05) is 11.6 Å². The van der Waals surface area contributed by atoms with E-state index in [1.807, 2.05) is 4.90 Å². The molecule has 3 N–H and O–H groups in total. The highest BCUT2D eigenvalue weighted by atomic mass is 35.5. The molecule has 2 amide bonds. The normalized spacial score (nSPS) is 17.9. The lowest BCUT2D eigenvalue weighted by Gasteiger charge is -2.36. The Morgan fingerprint density at radius 1 is 0.974 bits per heavy atom. The predicted octanol–water partition coefficient (Wildman–Crippen LogP) is 5.14. The van der Waals surface area contributed by atoms with Crippen molar-refractivity contribution in [2.45, 2.75) is 44.3 Å². The lowest BCUT2D eigenvalue weighted by atomic mass is 9.90. The number of nitrogens with zero attached hydrogens (tertiary/aromatic N) is 2. The minimum Gasteiger partial charge on any atom is -0.454 e. The zero-order valence-corrected chi connectivity index (χ0v) is 21.7. The van der Waals surface area contributed by atoms with Crippen LogP contribution >= 0.6 is 11.6 Å². The Kier molecular flexibility index (Phi) is 7.67. The number of nitro groups is 1. The van der Waals surface area contributed by atoms with Gasteiger partial charge in [-0.05, 0) is 79.8 Å². The van der Waals surface area contributed by atoms with E-state index in [1.165, 1.54) is 24.3 Å². The van der Waals surface area contributed by atoms with E-state index >= 15 is 0 Å². The number of nitro benzene ring substituents is 1. The molecule has 39 heavy (non-hydrogen) atoms. The number of benzene rings is 3. The Morgan fingerprint density at radius 2 is 1.67 bits per heavy atom. The van der Waals surface area contributed by atoms with E-state index in [0.29, 0.717) is 33.3 Å². The van der Waals surface area contributed by atoms with Crippen molar-refractivity contribution in [2.75, 3.05) is 12.1 Å². The Morgan fingerprint density at radius 3 is 2.38 bits per heavy atom. The number of carbonyl (C=O) groups excluding carboxylic acids is 2. The van der Waals surface area contributed by atoms with Crippen molar-refractivity contribution in [3.63, 3.8) is 0 Å². The van der Waals surface area contributed by atoms with E-state index in [1.54, 1.807) is 36.4 Å². The summed E-state index contributed by atoms with van der Waals surface area (Å²) in [6.07, 6.45) is 3.17. The highest BCUT2D eigenvalue weighted by molar-refractivity contribution is 6.31. The summed E-state index contributed by atoms with van der Waals surface area (Å²) in [5.41, 5.74) is 7.94. The van der Waals surface area contributed by atoms with Gasteiger partial charge in [0.05, 0.1) is 4.92 Å². The van der Waals surface area contributed by atoms with Gasteiger partial charge in [-0.15, -0.1) is 0 Å². The van der Waals surface area contributed by atoms with Crippen molar-refractivity contribution >= 4 is 34.8 Å². The molecule has 1 aliphatic carbocycles. The van der Waals surface area contributed by atoms with Gasteiger partial charge in [-0.25, -0.2) is 0 Å². The fourth-order valence-electron chi connectivity index (χ4n) is 4.87. The molecule has 3 aromatic carbocycles. The summed E-state index contributed by atoms with van der Waals surface area (Å²) in [5.74, 6) is 0.541. The molecular weight excluding hydrogens is 524 g/mol. The van der Waals surface area contributed by atoms with E-state index in [-0.39, 0.29) is 42.6 Å². The molecule has 0 atom stereocenters. The monoisotopic (exact) mass is 550 g/mol. The van der Waals surface area contributed by atoms with Crippen LogP contribution in [0.4, 0.5) is 11.4 Å². The number of anilines is 1. The average molecular weight is 551 g/mol. The van der Waals surface area contributed by atoms with Crippen LogP contribution in [-0.2, 0) is 6.54 Å². The third-order valence-electron chi connectivity index (χ3n) is 7.05. The van der Waals surface area contributed by atoms with Gasteiger partial charge in [0.2, 0.25) is 6.79 Å². The highest BCUT2D eigenvalue weighted by Gasteiger charge is 2.30. The fourth-order valence-corrected chi connectivity index (χ4v) is 5.05. The van der Waals surface area contributed by atoms with Crippen LogP contribution in [-0.4, -0.2) is 40.5 Å². The standard InChI is InChI=1S/C28H27ClN4O6/c29-24-11-6-21(31-27(34)17-1-7-23(8-2-17)33(36)37)13-19(24)15-32(22-9-4-20(30)5-10-22)28(35)18-3-12-25-26(14-18)39-16-38-25/h1-3,6-8,11-14,20,22H,4-5,9-10,15-16,30H2,(H,31,34). The van der Waals surface area contributed by atoms with Gasteiger partial charge >= 0.3 is 0 Å². The first-order valence-corrected chi connectivity index (χ1v) is 13.0. The third-order valence-corrected chi connectivity index (χ3v) is 7.42. The second-order valence-corrected chi connectivity index (χ2v) is 10.0. The molecule has 2 aliphatic rings.